The van der Waals surface area contributed by atoms with E-state index in [2.05, 4.69) is 18.2 Å². The zero-order valence-corrected chi connectivity index (χ0v) is 19.8. The van der Waals surface area contributed by atoms with Crippen molar-refractivity contribution in [2.75, 3.05) is 11.7 Å². The predicted octanol–water partition coefficient (Wildman–Crippen LogP) is 4.87. The summed E-state index contributed by atoms with van der Waals surface area (Å²) >= 11 is 0. The lowest BCUT2D eigenvalue weighted by Crippen LogP contribution is -2.40. The Morgan fingerprint density at radius 1 is 0.946 bits per heavy atom. The van der Waals surface area contributed by atoms with E-state index in [1.165, 1.54) is 0 Å². The molecule has 0 bridgehead atoms. The van der Waals surface area contributed by atoms with Gasteiger partial charge < -0.3 is 15.2 Å². The minimum Gasteiger partial charge on any atom is -0.454 e. The van der Waals surface area contributed by atoms with Crippen LogP contribution in [-0.4, -0.2) is 18.4 Å². The summed E-state index contributed by atoms with van der Waals surface area (Å²) in [6.07, 6.45) is 1.01. The van der Waals surface area contributed by atoms with E-state index in [1.54, 1.807) is 0 Å². The fourth-order valence-corrected chi connectivity index (χ4v) is 5.90. The Hall–Kier alpha value is -4.83. The number of ketones is 1. The van der Waals surface area contributed by atoms with Crippen LogP contribution in [0.5, 0.6) is 11.5 Å². The maximum absolute atomic E-state index is 14.0. The van der Waals surface area contributed by atoms with Crippen LogP contribution >= 0.6 is 0 Å². The molecule has 3 aromatic rings. The van der Waals surface area contributed by atoms with Gasteiger partial charge in [-0.25, -0.2) is 4.99 Å². The summed E-state index contributed by atoms with van der Waals surface area (Å²) in [6, 6.07) is 25.8. The molecule has 37 heavy (non-hydrogen) atoms. The molecule has 2 N–H and O–H groups in total. The number of nitrogens with two attached hydrogens (primary N) is 1. The average molecular weight is 487 g/mol. The molecule has 0 fully saturated rings. The molecule has 7 heteroatoms. The van der Waals surface area contributed by atoms with Crippen LogP contribution in [0.25, 0.3) is 0 Å². The Morgan fingerprint density at radius 2 is 1.73 bits per heavy atom. The zero-order valence-electron chi connectivity index (χ0n) is 19.8. The Balaban J connectivity index is 1.48. The lowest BCUT2D eigenvalue weighted by atomic mass is 9.71. The van der Waals surface area contributed by atoms with Crippen molar-refractivity contribution < 1.29 is 14.3 Å². The van der Waals surface area contributed by atoms with Crippen LogP contribution in [0.3, 0.4) is 0 Å². The van der Waals surface area contributed by atoms with Crippen molar-refractivity contribution in [1.82, 2.24) is 0 Å². The highest BCUT2D eigenvalue weighted by Gasteiger charge is 2.45. The third kappa shape index (κ3) is 3.19. The summed E-state index contributed by atoms with van der Waals surface area (Å²) in [7, 11) is 0. The Labute approximate surface area is 213 Å². The molecule has 180 valence electrons. The minimum absolute atomic E-state index is 0.0187. The number of ether oxygens (including phenoxy) is 2. The number of amidine groups is 1. The second kappa shape index (κ2) is 8.10. The number of para-hydroxylation sites is 1. The average Bonchev–Trinajstić information content (AvgIpc) is 3.41. The highest BCUT2D eigenvalue weighted by Crippen LogP contribution is 2.52. The van der Waals surface area contributed by atoms with Gasteiger partial charge in [-0.3, -0.25) is 9.69 Å². The van der Waals surface area contributed by atoms with Gasteiger partial charge in [0.05, 0.1) is 23.2 Å². The number of anilines is 1. The van der Waals surface area contributed by atoms with Crippen LogP contribution in [0.4, 0.5) is 5.69 Å². The standard InChI is InChI=1S/C30H22N4O3/c31-15-21-27(18-10-11-25-26(14-18)37-16-36-25)28-23(12-19(13-24(28)35)17-6-2-1-3-7-17)34-22-9-5-4-8-20(22)29(32)33-30(21)34/h1-11,14,19,27H,12-13,16H2,(H2,32,33)/t19-,27+/m1/s1. The molecule has 4 aliphatic rings. The van der Waals surface area contributed by atoms with E-state index in [-0.39, 0.29) is 18.5 Å². The molecular formula is C30H22N4O3. The lowest BCUT2D eigenvalue weighted by Gasteiger charge is -2.43. The summed E-state index contributed by atoms with van der Waals surface area (Å²) in [5, 5.41) is 10.5. The van der Waals surface area contributed by atoms with Crippen molar-refractivity contribution >= 4 is 17.3 Å². The topological polar surface area (TPSA) is 101 Å². The molecule has 3 aliphatic heterocycles. The smallest absolute Gasteiger partial charge is 0.231 e. The van der Waals surface area contributed by atoms with E-state index in [0.29, 0.717) is 47.1 Å². The van der Waals surface area contributed by atoms with E-state index < -0.39 is 5.92 Å². The summed E-state index contributed by atoms with van der Waals surface area (Å²) in [5.74, 6) is 1.55. The fraction of sp³-hybridized carbons (Fsp3) is 0.167. The van der Waals surface area contributed by atoms with Crippen molar-refractivity contribution in [2.24, 2.45) is 10.7 Å². The number of rotatable bonds is 2. The van der Waals surface area contributed by atoms with E-state index in [1.807, 2.05) is 65.6 Å². The molecule has 1 aliphatic carbocycles. The molecule has 0 radical (unpaired) electrons. The Kier molecular flexibility index (Phi) is 4.70. The fourth-order valence-electron chi connectivity index (χ4n) is 5.90. The predicted molar refractivity (Wildman–Crippen MR) is 138 cm³/mol. The van der Waals surface area contributed by atoms with Gasteiger partial charge in [-0.2, -0.15) is 5.26 Å². The maximum Gasteiger partial charge on any atom is 0.231 e. The van der Waals surface area contributed by atoms with Gasteiger partial charge in [0.15, 0.2) is 23.1 Å². The Morgan fingerprint density at radius 3 is 2.57 bits per heavy atom. The quantitative estimate of drug-likeness (QED) is 0.554. The number of fused-ring (bicyclic) bond motifs is 5. The van der Waals surface area contributed by atoms with Crippen molar-refractivity contribution in [3.8, 4) is 17.6 Å². The minimum atomic E-state index is -0.577. The molecule has 0 spiro atoms. The summed E-state index contributed by atoms with van der Waals surface area (Å²) in [4.78, 5) is 20.7. The first-order valence-corrected chi connectivity index (χ1v) is 12.2. The van der Waals surface area contributed by atoms with Gasteiger partial charge in [0.2, 0.25) is 6.79 Å². The molecule has 7 nitrogen and oxygen atoms in total. The lowest BCUT2D eigenvalue weighted by molar-refractivity contribution is -0.116. The number of aliphatic imine (C=N–C) groups is 1. The number of Topliss-reactive ketones (excluding diaryl/α,β-unsaturated/α-hetero) is 1. The third-order valence-corrected chi connectivity index (χ3v) is 7.55. The first-order valence-electron chi connectivity index (χ1n) is 12.2. The van der Waals surface area contributed by atoms with Crippen LogP contribution in [0.1, 0.15) is 41.4 Å². The van der Waals surface area contributed by atoms with Crippen molar-refractivity contribution in [1.29, 1.82) is 5.26 Å². The molecule has 7 rings (SSSR count). The number of nitriles is 1. The number of allylic oxidation sites excluding steroid dienone is 3. The van der Waals surface area contributed by atoms with Gasteiger partial charge in [0.1, 0.15) is 5.84 Å². The summed E-state index contributed by atoms with van der Waals surface area (Å²) < 4.78 is 11.1. The first-order chi connectivity index (χ1) is 18.1. The summed E-state index contributed by atoms with van der Waals surface area (Å²) in [6.45, 7) is 0.146. The van der Waals surface area contributed by atoms with E-state index in [9.17, 15) is 10.1 Å². The normalized spacial score (nSPS) is 21.6. The van der Waals surface area contributed by atoms with Crippen LogP contribution in [0.2, 0.25) is 0 Å². The van der Waals surface area contributed by atoms with Crippen molar-refractivity contribution in [3.05, 3.63) is 112 Å². The SMILES string of the molecule is N#CC1=C2N=C(N)c3ccccc3N2C2=C(C(=O)C[C@H](c3ccccc3)C2)[C@H]1c1ccc2c(c1)OCO2. The molecule has 0 saturated heterocycles. The van der Waals surface area contributed by atoms with Gasteiger partial charge >= 0.3 is 0 Å². The Bertz CT molecular complexity index is 1610. The number of carbonyl (C=O) groups excluding carboxylic acids is 1. The van der Waals surface area contributed by atoms with Crippen LogP contribution < -0.4 is 20.1 Å². The van der Waals surface area contributed by atoms with Gasteiger partial charge in [-0.05, 0) is 47.7 Å². The van der Waals surface area contributed by atoms with Gasteiger partial charge in [-0.1, -0.05) is 48.5 Å². The molecular weight excluding hydrogens is 464 g/mol. The van der Waals surface area contributed by atoms with E-state index >= 15 is 0 Å². The van der Waals surface area contributed by atoms with Crippen molar-refractivity contribution in [3.63, 3.8) is 0 Å². The number of hydrogen-bond donors (Lipinski definition) is 1. The monoisotopic (exact) mass is 486 g/mol. The molecule has 0 amide bonds. The van der Waals surface area contributed by atoms with Gasteiger partial charge in [0.25, 0.3) is 0 Å². The van der Waals surface area contributed by atoms with E-state index in [0.717, 1.165) is 28.1 Å². The highest BCUT2D eigenvalue weighted by atomic mass is 16.7. The summed E-state index contributed by atoms with van der Waals surface area (Å²) in [5.41, 5.74) is 11.8. The number of benzene rings is 3. The molecule has 3 heterocycles. The van der Waals surface area contributed by atoms with Crippen LogP contribution in [-0.2, 0) is 4.79 Å². The van der Waals surface area contributed by atoms with E-state index in [4.69, 9.17) is 20.2 Å². The first kappa shape index (κ1) is 21.5. The molecule has 2 atom stereocenters. The zero-order chi connectivity index (χ0) is 25.1. The highest BCUT2D eigenvalue weighted by molar-refractivity contribution is 6.08. The molecule has 0 aromatic heterocycles. The second-order valence-electron chi connectivity index (χ2n) is 9.54. The second-order valence-corrected chi connectivity index (χ2v) is 9.54. The van der Waals surface area contributed by atoms with Crippen LogP contribution in [0, 0.1) is 11.3 Å². The number of carbonyl (C=O) groups is 1. The van der Waals surface area contributed by atoms with Gasteiger partial charge in [-0.15, -0.1) is 0 Å². The number of nitrogens with zero attached hydrogens (tertiary/aromatic N) is 3. The van der Waals surface area contributed by atoms with Crippen LogP contribution in [0.15, 0.2) is 100 Å². The number of hydrogen-bond acceptors (Lipinski definition) is 7. The largest absolute Gasteiger partial charge is 0.454 e. The molecule has 0 saturated carbocycles. The molecule has 3 aromatic carbocycles. The van der Waals surface area contributed by atoms with Crippen molar-refractivity contribution in [2.45, 2.75) is 24.7 Å². The van der Waals surface area contributed by atoms with Gasteiger partial charge in [0, 0.05) is 23.3 Å². The molecule has 0 unspecified atom stereocenters. The third-order valence-electron chi connectivity index (χ3n) is 7.55. The maximum atomic E-state index is 14.0.